The Bertz CT molecular complexity index is 778. The second kappa shape index (κ2) is 6.53. The summed E-state index contributed by atoms with van der Waals surface area (Å²) in [6.07, 6.45) is 5.10. The van der Waals surface area contributed by atoms with Crippen LogP contribution in [0, 0.1) is 17.2 Å². The Labute approximate surface area is 134 Å². The molecule has 1 amide bonds. The van der Waals surface area contributed by atoms with Crippen LogP contribution in [0.15, 0.2) is 36.3 Å². The predicted molar refractivity (Wildman–Crippen MR) is 88.4 cm³/mol. The van der Waals surface area contributed by atoms with E-state index in [0.29, 0.717) is 5.92 Å². The van der Waals surface area contributed by atoms with Crippen LogP contribution in [0.1, 0.15) is 19.8 Å². The number of likely N-dealkylation sites (tertiary alicyclic amines) is 1. The van der Waals surface area contributed by atoms with Crippen molar-refractivity contribution in [2.75, 3.05) is 18.4 Å². The van der Waals surface area contributed by atoms with Gasteiger partial charge in [-0.25, -0.2) is 4.98 Å². The van der Waals surface area contributed by atoms with Crippen molar-refractivity contribution in [3.8, 4) is 6.07 Å². The number of hydrogen-bond acceptors (Lipinski definition) is 4. The van der Waals surface area contributed by atoms with Crippen molar-refractivity contribution in [2.45, 2.75) is 19.8 Å². The predicted octanol–water partition coefficient (Wildman–Crippen LogP) is 2.64. The van der Waals surface area contributed by atoms with Gasteiger partial charge in [0.15, 0.2) is 0 Å². The number of rotatable bonds is 3. The lowest BCUT2D eigenvalue weighted by atomic mass is 9.99. The van der Waals surface area contributed by atoms with E-state index < -0.39 is 0 Å². The van der Waals surface area contributed by atoms with Gasteiger partial charge in [-0.3, -0.25) is 4.79 Å². The van der Waals surface area contributed by atoms with Crippen molar-refractivity contribution in [3.63, 3.8) is 0 Å². The molecule has 6 nitrogen and oxygen atoms in total. The number of nitrogens with one attached hydrogen (secondary N) is 2. The van der Waals surface area contributed by atoms with E-state index in [-0.39, 0.29) is 11.5 Å². The zero-order valence-electron chi connectivity index (χ0n) is 13.0. The van der Waals surface area contributed by atoms with Crippen LogP contribution in [-0.4, -0.2) is 33.9 Å². The highest BCUT2D eigenvalue weighted by Crippen LogP contribution is 2.19. The average molecular weight is 309 g/mol. The summed E-state index contributed by atoms with van der Waals surface area (Å²) >= 11 is 0. The fourth-order valence-corrected chi connectivity index (χ4v) is 2.70. The van der Waals surface area contributed by atoms with E-state index in [4.69, 9.17) is 0 Å². The van der Waals surface area contributed by atoms with E-state index in [1.807, 2.05) is 24.3 Å². The van der Waals surface area contributed by atoms with Crippen molar-refractivity contribution in [3.05, 3.63) is 36.3 Å². The molecular weight excluding hydrogens is 290 g/mol. The van der Waals surface area contributed by atoms with Gasteiger partial charge in [-0.15, -0.1) is 0 Å². The smallest absolute Gasteiger partial charge is 0.266 e. The van der Waals surface area contributed by atoms with Crippen LogP contribution >= 0.6 is 0 Å². The van der Waals surface area contributed by atoms with Crippen molar-refractivity contribution in [1.29, 1.82) is 5.26 Å². The van der Waals surface area contributed by atoms with Gasteiger partial charge in [-0.2, -0.15) is 5.26 Å². The molecule has 118 valence electrons. The number of nitrogens with zero attached hydrogens (tertiary/aromatic N) is 3. The second-order valence-electron chi connectivity index (χ2n) is 5.92. The van der Waals surface area contributed by atoms with Gasteiger partial charge in [0.25, 0.3) is 5.91 Å². The molecule has 0 radical (unpaired) electrons. The topological polar surface area (TPSA) is 84.8 Å². The van der Waals surface area contributed by atoms with Crippen LogP contribution in [0.3, 0.4) is 0 Å². The molecule has 1 aliphatic rings. The minimum atomic E-state index is -0.200. The number of hydrogen-bond donors (Lipinski definition) is 2. The van der Waals surface area contributed by atoms with Crippen molar-refractivity contribution < 1.29 is 4.79 Å². The molecule has 3 rings (SSSR count). The third-order valence-electron chi connectivity index (χ3n) is 4.23. The summed E-state index contributed by atoms with van der Waals surface area (Å²) in [6, 6.07) is 7.63. The molecule has 0 atom stereocenters. The highest BCUT2D eigenvalue weighted by atomic mass is 16.2. The molecule has 2 aromatic rings. The van der Waals surface area contributed by atoms with E-state index in [2.05, 4.69) is 22.2 Å². The van der Waals surface area contributed by atoms with Crippen LogP contribution in [0.5, 0.6) is 0 Å². The van der Waals surface area contributed by atoms with Crippen molar-refractivity contribution in [1.82, 2.24) is 14.9 Å². The Hall–Kier alpha value is -2.81. The first-order chi connectivity index (χ1) is 11.2. The fourth-order valence-electron chi connectivity index (χ4n) is 2.70. The lowest BCUT2D eigenvalue weighted by Crippen LogP contribution is -2.38. The van der Waals surface area contributed by atoms with Crippen molar-refractivity contribution >= 4 is 22.6 Å². The maximum Gasteiger partial charge on any atom is 0.266 e. The average Bonchev–Trinajstić information content (AvgIpc) is 3.03. The molecular formula is C17H19N5O. The van der Waals surface area contributed by atoms with Gasteiger partial charge in [0.1, 0.15) is 11.6 Å². The Morgan fingerprint density at radius 3 is 3.00 bits per heavy atom. The first-order valence-electron chi connectivity index (χ1n) is 7.76. The highest BCUT2D eigenvalue weighted by Gasteiger charge is 2.22. The van der Waals surface area contributed by atoms with Gasteiger partial charge in [0.05, 0.1) is 17.4 Å². The van der Waals surface area contributed by atoms with Crippen molar-refractivity contribution in [2.24, 2.45) is 5.92 Å². The maximum absolute atomic E-state index is 12.4. The summed E-state index contributed by atoms with van der Waals surface area (Å²) in [6.45, 7) is 3.63. The number of aromatic nitrogens is 2. The molecule has 1 fully saturated rings. The normalized spacial score (nSPS) is 16.3. The molecule has 1 aliphatic heterocycles. The minimum absolute atomic E-state index is 0.129. The lowest BCUT2D eigenvalue weighted by Gasteiger charge is -2.30. The summed E-state index contributed by atoms with van der Waals surface area (Å²) in [5, 5.41) is 12.3. The SMILES string of the molecule is CC1CCN(C(=O)/C(C#N)=C\Nc2ccc3nc[nH]c3c2)CC1. The van der Waals surface area contributed by atoms with Crippen LogP contribution < -0.4 is 5.32 Å². The lowest BCUT2D eigenvalue weighted by molar-refractivity contribution is -0.128. The molecule has 0 aliphatic carbocycles. The molecule has 1 aromatic heterocycles. The summed E-state index contributed by atoms with van der Waals surface area (Å²) < 4.78 is 0. The first-order valence-corrected chi connectivity index (χ1v) is 7.76. The minimum Gasteiger partial charge on any atom is -0.360 e. The molecule has 23 heavy (non-hydrogen) atoms. The third kappa shape index (κ3) is 3.34. The van der Waals surface area contributed by atoms with Gasteiger partial charge >= 0.3 is 0 Å². The summed E-state index contributed by atoms with van der Waals surface area (Å²) in [7, 11) is 0. The van der Waals surface area contributed by atoms with Gasteiger partial charge in [0, 0.05) is 25.0 Å². The fraction of sp³-hybridized carbons (Fsp3) is 0.353. The molecule has 1 aromatic carbocycles. The molecule has 0 saturated carbocycles. The molecule has 2 N–H and O–H groups in total. The Balaban J connectivity index is 1.71. The number of benzene rings is 1. The summed E-state index contributed by atoms with van der Waals surface area (Å²) in [5.74, 6) is 0.447. The third-order valence-corrected chi connectivity index (χ3v) is 4.23. The van der Waals surface area contributed by atoms with Crippen LogP contribution in [-0.2, 0) is 4.79 Å². The number of carbonyl (C=O) groups excluding carboxylic acids is 1. The van der Waals surface area contributed by atoms with Gasteiger partial charge in [-0.1, -0.05) is 6.92 Å². The second-order valence-corrected chi connectivity index (χ2v) is 5.92. The molecule has 0 unspecified atom stereocenters. The van der Waals surface area contributed by atoms with Crippen LogP contribution in [0.2, 0.25) is 0 Å². The standard InChI is InChI=1S/C17H19N5O/c1-12-4-6-22(7-5-12)17(23)13(9-18)10-19-14-2-3-15-16(8-14)21-11-20-15/h2-3,8,10-12,19H,4-7H2,1H3,(H,20,21)/b13-10-. The number of amides is 1. The number of fused-ring (bicyclic) bond motifs is 1. The first kappa shape index (κ1) is 15.1. The number of H-pyrrole nitrogens is 1. The largest absolute Gasteiger partial charge is 0.360 e. The molecule has 6 heteroatoms. The van der Waals surface area contributed by atoms with Gasteiger partial charge < -0.3 is 15.2 Å². The van der Waals surface area contributed by atoms with Crippen LogP contribution in [0.25, 0.3) is 11.0 Å². The molecule has 0 spiro atoms. The quantitative estimate of drug-likeness (QED) is 0.674. The summed E-state index contributed by atoms with van der Waals surface area (Å²) in [5.41, 5.74) is 2.70. The number of piperidine rings is 1. The zero-order chi connectivity index (χ0) is 16.2. The number of aromatic amines is 1. The number of nitriles is 1. The van der Waals surface area contributed by atoms with Crippen LogP contribution in [0.4, 0.5) is 5.69 Å². The molecule has 1 saturated heterocycles. The summed E-state index contributed by atoms with van der Waals surface area (Å²) in [4.78, 5) is 21.3. The van der Waals surface area contributed by atoms with E-state index in [1.165, 1.54) is 6.20 Å². The monoisotopic (exact) mass is 309 g/mol. The Morgan fingerprint density at radius 2 is 2.26 bits per heavy atom. The Kier molecular flexibility index (Phi) is 4.29. The van der Waals surface area contributed by atoms with Gasteiger partial charge in [-0.05, 0) is 37.0 Å². The number of anilines is 1. The zero-order valence-corrected chi connectivity index (χ0v) is 13.0. The van der Waals surface area contributed by atoms with E-state index in [0.717, 1.165) is 42.7 Å². The van der Waals surface area contributed by atoms with E-state index in [1.54, 1.807) is 11.2 Å². The van der Waals surface area contributed by atoms with E-state index in [9.17, 15) is 10.1 Å². The Morgan fingerprint density at radius 1 is 1.48 bits per heavy atom. The van der Waals surface area contributed by atoms with Gasteiger partial charge in [0.2, 0.25) is 0 Å². The molecule has 0 bridgehead atoms. The number of carbonyl (C=O) groups is 1. The number of imidazole rings is 1. The van der Waals surface area contributed by atoms with E-state index >= 15 is 0 Å². The molecule has 2 heterocycles. The highest BCUT2D eigenvalue weighted by molar-refractivity contribution is 5.97. The maximum atomic E-state index is 12.4.